The van der Waals surface area contributed by atoms with Crippen LogP contribution in [-0.4, -0.2) is 46.3 Å². The van der Waals surface area contributed by atoms with Gasteiger partial charge in [-0.05, 0) is 24.1 Å². The lowest BCUT2D eigenvalue weighted by Gasteiger charge is -2.12. The van der Waals surface area contributed by atoms with Crippen molar-refractivity contribution in [2.45, 2.75) is 13.0 Å². The number of aliphatic imine (C=N–C) groups is 1. The van der Waals surface area contributed by atoms with Crippen molar-refractivity contribution in [1.82, 2.24) is 10.6 Å². The molecular weight excluding hydrogens is 270 g/mol. The molecule has 2 N–H and O–H groups in total. The second kappa shape index (κ2) is 9.77. The zero-order valence-electron chi connectivity index (χ0n) is 12.8. The van der Waals surface area contributed by atoms with Crippen LogP contribution in [-0.2, 0) is 16.0 Å². The molecule has 0 unspecified atom stereocenters. The summed E-state index contributed by atoms with van der Waals surface area (Å²) in [5.74, 6) is 0.410. The standard InChI is InChI=1S/C15H23N3O3/c1-16-15(17-9-4-10-20-2)18-11-12-5-7-13(8-6-12)14(19)21-3/h5-8H,4,9-11H2,1-3H3,(H2,16,17,18). The van der Waals surface area contributed by atoms with Crippen LogP contribution in [0.3, 0.4) is 0 Å². The van der Waals surface area contributed by atoms with E-state index in [1.165, 1.54) is 7.11 Å². The summed E-state index contributed by atoms with van der Waals surface area (Å²) in [7, 11) is 4.79. The van der Waals surface area contributed by atoms with Gasteiger partial charge < -0.3 is 20.1 Å². The van der Waals surface area contributed by atoms with Crippen LogP contribution in [0.25, 0.3) is 0 Å². The van der Waals surface area contributed by atoms with Gasteiger partial charge in [0.05, 0.1) is 12.7 Å². The molecule has 0 saturated heterocycles. The monoisotopic (exact) mass is 293 g/mol. The van der Waals surface area contributed by atoms with E-state index in [0.29, 0.717) is 12.1 Å². The molecule has 1 rings (SSSR count). The molecule has 0 fully saturated rings. The highest BCUT2D eigenvalue weighted by molar-refractivity contribution is 5.89. The van der Waals surface area contributed by atoms with Crippen molar-refractivity contribution in [2.75, 3.05) is 34.4 Å². The molecule has 6 heteroatoms. The highest BCUT2D eigenvalue weighted by Gasteiger charge is 2.04. The van der Waals surface area contributed by atoms with Crippen molar-refractivity contribution in [3.05, 3.63) is 35.4 Å². The maximum Gasteiger partial charge on any atom is 0.337 e. The van der Waals surface area contributed by atoms with E-state index in [2.05, 4.69) is 20.4 Å². The largest absolute Gasteiger partial charge is 0.465 e. The number of hydrogen-bond acceptors (Lipinski definition) is 4. The van der Waals surface area contributed by atoms with Crippen molar-refractivity contribution >= 4 is 11.9 Å². The summed E-state index contributed by atoms with van der Waals surface area (Å²) in [6.07, 6.45) is 0.922. The summed E-state index contributed by atoms with van der Waals surface area (Å²) in [6.45, 7) is 2.15. The predicted molar refractivity (Wildman–Crippen MR) is 82.5 cm³/mol. The SMILES string of the molecule is CN=C(NCCCOC)NCc1ccc(C(=O)OC)cc1. The molecular formula is C15H23N3O3. The molecule has 0 aliphatic rings. The molecule has 0 radical (unpaired) electrons. The summed E-state index contributed by atoms with van der Waals surface area (Å²) in [6, 6.07) is 7.27. The Morgan fingerprint density at radius 3 is 2.48 bits per heavy atom. The first-order chi connectivity index (χ1) is 10.2. The van der Waals surface area contributed by atoms with Crippen molar-refractivity contribution in [3.8, 4) is 0 Å². The lowest BCUT2D eigenvalue weighted by Crippen LogP contribution is -2.37. The minimum Gasteiger partial charge on any atom is -0.465 e. The van der Waals surface area contributed by atoms with Crippen LogP contribution < -0.4 is 10.6 Å². The summed E-state index contributed by atoms with van der Waals surface area (Å²) in [5.41, 5.74) is 1.60. The summed E-state index contributed by atoms with van der Waals surface area (Å²) in [5, 5.41) is 6.41. The summed E-state index contributed by atoms with van der Waals surface area (Å²) in [4.78, 5) is 15.5. The number of rotatable bonds is 7. The molecule has 6 nitrogen and oxygen atoms in total. The third-order valence-corrected chi connectivity index (χ3v) is 2.88. The normalized spacial score (nSPS) is 11.1. The minimum absolute atomic E-state index is 0.329. The van der Waals surface area contributed by atoms with E-state index < -0.39 is 0 Å². The second-order valence-corrected chi connectivity index (χ2v) is 4.39. The van der Waals surface area contributed by atoms with Gasteiger partial charge in [-0.15, -0.1) is 0 Å². The van der Waals surface area contributed by atoms with E-state index in [1.807, 2.05) is 12.1 Å². The lowest BCUT2D eigenvalue weighted by atomic mass is 10.1. The number of hydrogen-bond donors (Lipinski definition) is 2. The molecule has 0 aromatic heterocycles. The first-order valence-electron chi connectivity index (χ1n) is 6.82. The Morgan fingerprint density at radius 2 is 1.90 bits per heavy atom. The average Bonchev–Trinajstić information content (AvgIpc) is 2.54. The van der Waals surface area contributed by atoms with Crippen LogP contribution in [0.2, 0.25) is 0 Å². The van der Waals surface area contributed by atoms with Crippen molar-refractivity contribution in [2.24, 2.45) is 4.99 Å². The van der Waals surface area contributed by atoms with Gasteiger partial charge in [-0.25, -0.2) is 4.79 Å². The number of carbonyl (C=O) groups is 1. The molecule has 0 atom stereocenters. The fourth-order valence-electron chi connectivity index (χ4n) is 1.71. The number of nitrogens with one attached hydrogen (secondary N) is 2. The van der Waals surface area contributed by atoms with Gasteiger partial charge >= 0.3 is 5.97 Å². The van der Waals surface area contributed by atoms with Gasteiger partial charge in [0.1, 0.15) is 0 Å². The molecule has 0 aliphatic heterocycles. The molecule has 1 aromatic rings. The third-order valence-electron chi connectivity index (χ3n) is 2.88. The van der Waals surface area contributed by atoms with Gasteiger partial charge in [-0.3, -0.25) is 4.99 Å². The molecule has 0 amide bonds. The van der Waals surface area contributed by atoms with Crippen molar-refractivity contribution in [3.63, 3.8) is 0 Å². The molecule has 0 heterocycles. The Morgan fingerprint density at radius 1 is 1.19 bits per heavy atom. The maximum absolute atomic E-state index is 11.3. The van der Waals surface area contributed by atoms with Crippen molar-refractivity contribution in [1.29, 1.82) is 0 Å². The molecule has 0 aliphatic carbocycles. The molecule has 116 valence electrons. The van der Waals surface area contributed by atoms with Gasteiger partial charge in [-0.2, -0.15) is 0 Å². The van der Waals surface area contributed by atoms with Gasteiger partial charge in [-0.1, -0.05) is 12.1 Å². The van der Waals surface area contributed by atoms with Crippen LogP contribution in [0.15, 0.2) is 29.3 Å². The minimum atomic E-state index is -0.329. The number of carbonyl (C=O) groups excluding carboxylic acids is 1. The average molecular weight is 293 g/mol. The van der Waals surface area contributed by atoms with Crippen LogP contribution >= 0.6 is 0 Å². The van der Waals surface area contributed by atoms with Crippen LogP contribution in [0.1, 0.15) is 22.3 Å². The topological polar surface area (TPSA) is 72.0 Å². The zero-order chi connectivity index (χ0) is 15.5. The highest BCUT2D eigenvalue weighted by Crippen LogP contribution is 2.05. The second-order valence-electron chi connectivity index (χ2n) is 4.39. The Bertz CT molecular complexity index is 458. The van der Waals surface area contributed by atoms with Crippen LogP contribution in [0.5, 0.6) is 0 Å². The predicted octanol–water partition coefficient (Wildman–Crippen LogP) is 1.17. The number of guanidine groups is 1. The lowest BCUT2D eigenvalue weighted by molar-refractivity contribution is 0.0600. The number of methoxy groups -OCH3 is 2. The first-order valence-corrected chi connectivity index (χ1v) is 6.82. The molecule has 0 spiro atoms. The van der Waals surface area contributed by atoms with Gasteiger partial charge in [0, 0.05) is 33.9 Å². The molecule has 0 saturated carbocycles. The van der Waals surface area contributed by atoms with E-state index in [-0.39, 0.29) is 5.97 Å². The Labute approximate surface area is 125 Å². The van der Waals surface area contributed by atoms with Gasteiger partial charge in [0.25, 0.3) is 0 Å². The molecule has 21 heavy (non-hydrogen) atoms. The fraction of sp³-hybridized carbons (Fsp3) is 0.467. The summed E-state index contributed by atoms with van der Waals surface area (Å²) < 4.78 is 9.65. The van der Waals surface area contributed by atoms with Crippen molar-refractivity contribution < 1.29 is 14.3 Å². The highest BCUT2D eigenvalue weighted by atomic mass is 16.5. The van der Waals surface area contributed by atoms with E-state index in [9.17, 15) is 4.79 Å². The maximum atomic E-state index is 11.3. The fourth-order valence-corrected chi connectivity index (χ4v) is 1.71. The van der Waals surface area contributed by atoms with Crippen LogP contribution in [0, 0.1) is 0 Å². The molecule has 1 aromatic carbocycles. The Balaban J connectivity index is 2.40. The number of ether oxygens (including phenoxy) is 2. The summed E-state index contributed by atoms with van der Waals surface area (Å²) >= 11 is 0. The number of benzene rings is 1. The Hall–Kier alpha value is -2.08. The third kappa shape index (κ3) is 6.27. The van der Waals surface area contributed by atoms with Gasteiger partial charge in [0.15, 0.2) is 5.96 Å². The number of esters is 1. The first kappa shape index (κ1) is 17.0. The van der Waals surface area contributed by atoms with E-state index >= 15 is 0 Å². The van der Waals surface area contributed by atoms with Crippen LogP contribution in [0.4, 0.5) is 0 Å². The van der Waals surface area contributed by atoms with Gasteiger partial charge in [0.2, 0.25) is 0 Å². The quantitative estimate of drug-likeness (QED) is 0.342. The zero-order valence-corrected chi connectivity index (χ0v) is 12.8. The van der Waals surface area contributed by atoms with E-state index in [1.54, 1.807) is 26.3 Å². The Kier molecular flexibility index (Phi) is 7.89. The number of nitrogens with zero attached hydrogens (tertiary/aromatic N) is 1. The molecule has 0 bridgehead atoms. The van der Waals surface area contributed by atoms with E-state index in [0.717, 1.165) is 31.1 Å². The van der Waals surface area contributed by atoms with E-state index in [4.69, 9.17) is 4.74 Å². The smallest absolute Gasteiger partial charge is 0.337 e.